The fraction of sp³-hybridized carbons (Fsp3) is 0.238. The molecule has 1 aliphatic heterocycles. The van der Waals surface area contributed by atoms with Crippen LogP contribution in [0.25, 0.3) is 0 Å². The Bertz CT molecular complexity index is 1130. The Morgan fingerprint density at radius 2 is 1.69 bits per heavy atom. The SMILES string of the molecule is Cc1cc2c(o1)N(c1cccc3c1CCCC3)c1ccccc1S2(=O)=O. The average Bonchev–Trinajstić information content (AvgIpc) is 3.05. The van der Waals surface area contributed by atoms with Crippen molar-refractivity contribution in [2.24, 2.45) is 0 Å². The fourth-order valence-electron chi connectivity index (χ4n) is 4.13. The first kappa shape index (κ1) is 15.7. The highest BCUT2D eigenvalue weighted by Crippen LogP contribution is 2.50. The van der Waals surface area contributed by atoms with Gasteiger partial charge in [-0.25, -0.2) is 8.42 Å². The number of benzene rings is 2. The second-order valence-corrected chi connectivity index (χ2v) is 8.84. The molecule has 0 radical (unpaired) electrons. The van der Waals surface area contributed by atoms with Crippen molar-refractivity contribution in [1.82, 2.24) is 0 Å². The first-order valence-electron chi connectivity index (χ1n) is 8.93. The van der Waals surface area contributed by atoms with E-state index in [0.717, 1.165) is 24.9 Å². The number of hydrogen-bond acceptors (Lipinski definition) is 4. The molecule has 0 bridgehead atoms. The largest absolute Gasteiger partial charge is 0.444 e. The highest BCUT2D eigenvalue weighted by Gasteiger charge is 2.38. The number of furan rings is 1. The van der Waals surface area contributed by atoms with Crippen molar-refractivity contribution < 1.29 is 12.8 Å². The Hall–Kier alpha value is -2.53. The highest BCUT2D eigenvalue weighted by molar-refractivity contribution is 7.92. The Balaban J connectivity index is 1.84. The summed E-state index contributed by atoms with van der Waals surface area (Å²) in [6, 6.07) is 15.1. The predicted molar refractivity (Wildman–Crippen MR) is 100 cm³/mol. The Kier molecular flexibility index (Phi) is 3.31. The lowest BCUT2D eigenvalue weighted by molar-refractivity contribution is 0.532. The summed E-state index contributed by atoms with van der Waals surface area (Å²) in [4.78, 5) is 2.58. The molecular formula is C21H19NO3S. The molecule has 5 heteroatoms. The molecule has 0 amide bonds. The Labute approximate surface area is 153 Å². The third-order valence-corrected chi connectivity index (χ3v) is 7.10. The van der Waals surface area contributed by atoms with E-state index in [1.165, 1.54) is 17.5 Å². The lowest BCUT2D eigenvalue weighted by atomic mass is 9.90. The van der Waals surface area contributed by atoms with Gasteiger partial charge in [0.25, 0.3) is 0 Å². The molecule has 2 heterocycles. The molecule has 4 nitrogen and oxygen atoms in total. The van der Waals surface area contributed by atoms with Crippen LogP contribution in [0.2, 0.25) is 0 Å². The summed E-state index contributed by atoms with van der Waals surface area (Å²) in [5.74, 6) is 1.00. The van der Waals surface area contributed by atoms with Crippen molar-refractivity contribution in [2.45, 2.75) is 42.4 Å². The molecule has 0 saturated heterocycles. The van der Waals surface area contributed by atoms with Crippen LogP contribution in [0.3, 0.4) is 0 Å². The van der Waals surface area contributed by atoms with Gasteiger partial charge in [-0.3, -0.25) is 4.90 Å². The van der Waals surface area contributed by atoms with E-state index in [1.807, 2.05) is 17.0 Å². The lowest BCUT2D eigenvalue weighted by Crippen LogP contribution is -2.22. The van der Waals surface area contributed by atoms with Crippen LogP contribution >= 0.6 is 0 Å². The number of anilines is 3. The first-order valence-corrected chi connectivity index (χ1v) is 10.4. The monoisotopic (exact) mass is 365 g/mol. The number of nitrogens with zero attached hydrogens (tertiary/aromatic N) is 1. The molecule has 0 saturated carbocycles. The second kappa shape index (κ2) is 5.48. The molecule has 3 aromatic rings. The summed E-state index contributed by atoms with van der Waals surface area (Å²) >= 11 is 0. The Morgan fingerprint density at radius 3 is 2.58 bits per heavy atom. The molecule has 0 unspecified atom stereocenters. The predicted octanol–water partition coefficient (Wildman–Crippen LogP) is 5.08. The van der Waals surface area contributed by atoms with Crippen LogP contribution in [-0.4, -0.2) is 8.42 Å². The molecule has 132 valence electrons. The van der Waals surface area contributed by atoms with Crippen LogP contribution in [0.4, 0.5) is 17.3 Å². The van der Waals surface area contributed by atoms with Crippen molar-refractivity contribution in [3.8, 4) is 0 Å². The van der Waals surface area contributed by atoms with Gasteiger partial charge in [0.15, 0.2) is 0 Å². The molecule has 0 atom stereocenters. The van der Waals surface area contributed by atoms with Gasteiger partial charge in [-0.15, -0.1) is 0 Å². The van der Waals surface area contributed by atoms with Gasteiger partial charge in [0.05, 0.1) is 16.3 Å². The van der Waals surface area contributed by atoms with Crippen molar-refractivity contribution in [3.05, 3.63) is 65.4 Å². The van der Waals surface area contributed by atoms with E-state index in [1.54, 1.807) is 25.1 Å². The third-order valence-electron chi connectivity index (χ3n) is 5.30. The van der Waals surface area contributed by atoms with E-state index in [9.17, 15) is 8.42 Å². The normalized spacial score (nSPS) is 17.3. The smallest absolute Gasteiger partial charge is 0.223 e. The van der Waals surface area contributed by atoms with E-state index in [-0.39, 0.29) is 4.90 Å². The van der Waals surface area contributed by atoms with E-state index in [0.29, 0.717) is 22.2 Å². The summed E-state index contributed by atoms with van der Waals surface area (Å²) < 4.78 is 32.1. The molecule has 1 aromatic heterocycles. The number of rotatable bonds is 1. The van der Waals surface area contributed by atoms with Gasteiger partial charge in [-0.2, -0.15) is 0 Å². The van der Waals surface area contributed by atoms with Gasteiger partial charge in [-0.1, -0.05) is 24.3 Å². The molecule has 0 N–H and O–H groups in total. The summed E-state index contributed by atoms with van der Waals surface area (Å²) in [6.45, 7) is 1.79. The summed E-state index contributed by atoms with van der Waals surface area (Å²) in [5, 5.41) is 0. The zero-order chi connectivity index (χ0) is 17.9. The van der Waals surface area contributed by atoms with E-state index < -0.39 is 9.84 Å². The minimum absolute atomic E-state index is 0.252. The minimum Gasteiger partial charge on any atom is -0.444 e. The lowest BCUT2D eigenvalue weighted by Gasteiger charge is -2.32. The van der Waals surface area contributed by atoms with Crippen molar-refractivity contribution in [2.75, 3.05) is 4.90 Å². The van der Waals surface area contributed by atoms with Crippen LogP contribution in [0, 0.1) is 6.92 Å². The fourth-order valence-corrected chi connectivity index (χ4v) is 5.75. The van der Waals surface area contributed by atoms with Gasteiger partial charge in [0, 0.05) is 6.07 Å². The van der Waals surface area contributed by atoms with Crippen molar-refractivity contribution >= 4 is 27.1 Å². The van der Waals surface area contributed by atoms with Crippen LogP contribution in [0.5, 0.6) is 0 Å². The molecule has 2 aliphatic rings. The molecule has 0 fully saturated rings. The maximum atomic E-state index is 13.1. The standard InChI is InChI=1S/C21H19NO3S/c1-14-13-20-21(25-14)22(18-10-4-5-12-19(18)26(20,23)24)17-11-6-8-15-7-2-3-9-16(15)17/h4-6,8,10-13H,2-3,7,9H2,1H3. The molecule has 0 spiro atoms. The Morgan fingerprint density at radius 1 is 0.923 bits per heavy atom. The van der Waals surface area contributed by atoms with Crippen LogP contribution in [-0.2, 0) is 22.7 Å². The van der Waals surface area contributed by atoms with Crippen LogP contribution in [0.15, 0.2) is 62.7 Å². The van der Waals surface area contributed by atoms with Gasteiger partial charge >= 0.3 is 0 Å². The van der Waals surface area contributed by atoms with E-state index in [2.05, 4.69) is 18.2 Å². The number of aryl methyl sites for hydroxylation is 2. The van der Waals surface area contributed by atoms with Gasteiger partial charge in [0.1, 0.15) is 10.7 Å². The zero-order valence-corrected chi connectivity index (χ0v) is 15.3. The van der Waals surface area contributed by atoms with E-state index in [4.69, 9.17) is 4.42 Å². The minimum atomic E-state index is -3.58. The van der Waals surface area contributed by atoms with Gasteiger partial charge in [-0.05, 0) is 61.9 Å². The van der Waals surface area contributed by atoms with Crippen LogP contribution in [0.1, 0.15) is 29.7 Å². The number of sulfone groups is 1. The summed E-state index contributed by atoms with van der Waals surface area (Å²) in [5.41, 5.74) is 4.34. The number of para-hydroxylation sites is 1. The molecule has 26 heavy (non-hydrogen) atoms. The molecule has 5 rings (SSSR count). The topological polar surface area (TPSA) is 50.5 Å². The maximum absolute atomic E-state index is 13.1. The highest BCUT2D eigenvalue weighted by atomic mass is 32.2. The number of fused-ring (bicyclic) bond motifs is 3. The van der Waals surface area contributed by atoms with Crippen LogP contribution < -0.4 is 4.90 Å². The quantitative estimate of drug-likeness (QED) is 0.472. The summed E-state index contributed by atoms with van der Waals surface area (Å²) in [7, 11) is -3.58. The second-order valence-electron chi connectivity index (χ2n) is 6.95. The van der Waals surface area contributed by atoms with Crippen molar-refractivity contribution in [1.29, 1.82) is 0 Å². The van der Waals surface area contributed by atoms with E-state index >= 15 is 0 Å². The average molecular weight is 365 g/mol. The summed E-state index contributed by atoms with van der Waals surface area (Å²) in [6.07, 6.45) is 4.43. The molecule has 2 aromatic carbocycles. The molecule has 1 aliphatic carbocycles. The maximum Gasteiger partial charge on any atom is 0.223 e. The van der Waals surface area contributed by atoms with Gasteiger partial charge < -0.3 is 4.42 Å². The third kappa shape index (κ3) is 2.10. The molecular weight excluding hydrogens is 346 g/mol. The van der Waals surface area contributed by atoms with Gasteiger partial charge in [0.2, 0.25) is 15.7 Å². The first-order chi connectivity index (χ1) is 12.6. The number of hydrogen-bond donors (Lipinski definition) is 0. The van der Waals surface area contributed by atoms with Crippen molar-refractivity contribution in [3.63, 3.8) is 0 Å². The zero-order valence-electron chi connectivity index (χ0n) is 14.5.